The molecular formula is C13H12Cl2N2O3S. The van der Waals surface area contributed by atoms with E-state index in [9.17, 15) is 8.42 Å². The van der Waals surface area contributed by atoms with Crippen molar-refractivity contribution in [2.45, 2.75) is 4.90 Å². The van der Waals surface area contributed by atoms with E-state index in [1.54, 1.807) is 18.2 Å². The number of benzene rings is 2. The minimum Gasteiger partial charge on any atom is -0.495 e. The molecule has 0 amide bonds. The Kier molecular flexibility index (Phi) is 4.51. The van der Waals surface area contributed by atoms with Gasteiger partial charge in [-0.1, -0.05) is 29.3 Å². The van der Waals surface area contributed by atoms with E-state index in [2.05, 4.69) is 4.72 Å². The van der Waals surface area contributed by atoms with Gasteiger partial charge in [-0.3, -0.25) is 4.72 Å². The van der Waals surface area contributed by atoms with Gasteiger partial charge in [0.1, 0.15) is 10.6 Å². The number of ether oxygens (including phenoxy) is 1. The summed E-state index contributed by atoms with van der Waals surface area (Å²) in [5.41, 5.74) is 6.11. The SMILES string of the molecule is COc1ccc(N)cc1S(=O)(=O)Nc1cccc(Cl)c1Cl. The van der Waals surface area contributed by atoms with Crippen LogP contribution in [-0.2, 0) is 10.0 Å². The topological polar surface area (TPSA) is 81.4 Å². The third kappa shape index (κ3) is 3.34. The van der Waals surface area contributed by atoms with E-state index >= 15 is 0 Å². The van der Waals surface area contributed by atoms with E-state index in [1.165, 1.54) is 25.3 Å². The lowest BCUT2D eigenvalue weighted by Crippen LogP contribution is -2.14. The van der Waals surface area contributed by atoms with Crippen LogP contribution in [-0.4, -0.2) is 15.5 Å². The first-order chi connectivity index (χ1) is 9.85. The number of sulfonamides is 1. The molecule has 2 rings (SSSR count). The Morgan fingerprint density at radius 1 is 1.19 bits per heavy atom. The predicted octanol–water partition coefficient (Wildman–Crippen LogP) is 3.39. The van der Waals surface area contributed by atoms with Crippen molar-refractivity contribution < 1.29 is 13.2 Å². The summed E-state index contributed by atoms with van der Waals surface area (Å²) in [4.78, 5) is -0.0824. The van der Waals surface area contributed by atoms with E-state index in [4.69, 9.17) is 33.7 Å². The van der Waals surface area contributed by atoms with Crippen molar-refractivity contribution in [1.82, 2.24) is 0 Å². The van der Waals surface area contributed by atoms with E-state index in [1.807, 2.05) is 0 Å². The quantitative estimate of drug-likeness (QED) is 0.831. The molecule has 0 saturated heterocycles. The summed E-state index contributed by atoms with van der Waals surface area (Å²) in [6.45, 7) is 0. The third-order valence-electron chi connectivity index (χ3n) is 2.67. The van der Waals surface area contributed by atoms with E-state index in [0.29, 0.717) is 5.69 Å². The highest BCUT2D eigenvalue weighted by Gasteiger charge is 2.21. The van der Waals surface area contributed by atoms with Gasteiger partial charge < -0.3 is 10.5 Å². The normalized spacial score (nSPS) is 11.2. The molecule has 0 aromatic heterocycles. The van der Waals surface area contributed by atoms with Crippen LogP contribution in [0.5, 0.6) is 5.75 Å². The van der Waals surface area contributed by atoms with Crippen LogP contribution < -0.4 is 15.2 Å². The molecule has 21 heavy (non-hydrogen) atoms. The molecule has 2 aromatic rings. The zero-order chi connectivity index (χ0) is 15.6. The molecule has 8 heteroatoms. The maximum atomic E-state index is 12.4. The highest BCUT2D eigenvalue weighted by molar-refractivity contribution is 7.92. The van der Waals surface area contributed by atoms with E-state index in [-0.39, 0.29) is 26.4 Å². The van der Waals surface area contributed by atoms with Crippen LogP contribution in [0.15, 0.2) is 41.3 Å². The summed E-state index contributed by atoms with van der Waals surface area (Å²) < 4.78 is 32.3. The minimum atomic E-state index is -3.92. The van der Waals surface area contributed by atoms with Crippen molar-refractivity contribution in [3.63, 3.8) is 0 Å². The summed E-state index contributed by atoms with van der Waals surface area (Å²) in [6, 6.07) is 8.98. The van der Waals surface area contributed by atoms with Crippen LogP contribution in [0.2, 0.25) is 10.0 Å². The van der Waals surface area contributed by atoms with Gasteiger partial charge >= 0.3 is 0 Å². The molecule has 0 aliphatic heterocycles. The number of halogens is 2. The molecule has 112 valence electrons. The van der Waals surface area contributed by atoms with Gasteiger partial charge in [0, 0.05) is 5.69 Å². The molecule has 0 aliphatic carbocycles. The molecule has 0 spiro atoms. The zero-order valence-electron chi connectivity index (χ0n) is 10.9. The molecule has 0 atom stereocenters. The lowest BCUT2D eigenvalue weighted by Gasteiger charge is -2.13. The molecule has 0 radical (unpaired) electrons. The lowest BCUT2D eigenvalue weighted by atomic mass is 10.3. The van der Waals surface area contributed by atoms with Crippen LogP contribution in [0, 0.1) is 0 Å². The molecule has 0 aliphatic rings. The summed E-state index contributed by atoms with van der Waals surface area (Å²) >= 11 is 11.8. The molecule has 5 nitrogen and oxygen atoms in total. The number of rotatable bonds is 4. The Bertz CT molecular complexity index is 779. The zero-order valence-corrected chi connectivity index (χ0v) is 13.3. The van der Waals surface area contributed by atoms with Gasteiger partial charge in [0.2, 0.25) is 0 Å². The molecule has 0 heterocycles. The summed E-state index contributed by atoms with van der Waals surface area (Å²) in [5.74, 6) is 0.176. The van der Waals surface area contributed by atoms with Gasteiger partial charge in [0.05, 0.1) is 22.8 Å². The van der Waals surface area contributed by atoms with Crippen molar-refractivity contribution >= 4 is 44.6 Å². The summed E-state index contributed by atoms with van der Waals surface area (Å²) in [5, 5.41) is 0.363. The van der Waals surface area contributed by atoms with E-state index < -0.39 is 10.0 Å². The fourth-order valence-electron chi connectivity index (χ4n) is 1.69. The van der Waals surface area contributed by atoms with Gasteiger partial charge in [-0.2, -0.15) is 0 Å². The van der Waals surface area contributed by atoms with Gasteiger partial charge in [0.25, 0.3) is 10.0 Å². The molecule has 3 N–H and O–H groups in total. The Balaban J connectivity index is 2.48. The number of nitrogens with two attached hydrogens (primary N) is 1. The molecule has 0 saturated carbocycles. The maximum absolute atomic E-state index is 12.4. The Morgan fingerprint density at radius 2 is 1.90 bits per heavy atom. The number of nitrogen functional groups attached to an aromatic ring is 1. The van der Waals surface area contributed by atoms with Crippen molar-refractivity contribution in [2.24, 2.45) is 0 Å². The van der Waals surface area contributed by atoms with Crippen LogP contribution in [0.4, 0.5) is 11.4 Å². The molecule has 0 fully saturated rings. The first kappa shape index (κ1) is 15.8. The highest BCUT2D eigenvalue weighted by Crippen LogP contribution is 2.33. The third-order valence-corrected chi connectivity index (χ3v) is 4.88. The Hall–Kier alpha value is -1.63. The van der Waals surface area contributed by atoms with Crippen LogP contribution >= 0.6 is 23.2 Å². The average molecular weight is 347 g/mol. The maximum Gasteiger partial charge on any atom is 0.265 e. The predicted molar refractivity (Wildman–Crippen MR) is 84.7 cm³/mol. The van der Waals surface area contributed by atoms with Crippen molar-refractivity contribution in [2.75, 3.05) is 17.6 Å². The second-order valence-electron chi connectivity index (χ2n) is 4.12. The summed E-state index contributed by atoms with van der Waals surface area (Å²) in [7, 11) is -2.54. The molecule has 2 aromatic carbocycles. The second-order valence-corrected chi connectivity index (χ2v) is 6.55. The standard InChI is InChI=1S/C13H12Cl2N2O3S/c1-20-11-6-5-8(16)7-12(11)21(18,19)17-10-4-2-3-9(14)13(10)15/h2-7,17H,16H2,1H3. The molecule has 0 bridgehead atoms. The Labute approximate surface area is 132 Å². The van der Waals surface area contributed by atoms with Crippen LogP contribution in [0.1, 0.15) is 0 Å². The summed E-state index contributed by atoms with van der Waals surface area (Å²) in [6.07, 6.45) is 0. The number of nitrogens with one attached hydrogen (secondary N) is 1. The number of anilines is 2. The van der Waals surface area contributed by atoms with Gasteiger partial charge in [-0.25, -0.2) is 8.42 Å². The minimum absolute atomic E-state index is 0.0824. The molecular weight excluding hydrogens is 335 g/mol. The number of methoxy groups -OCH3 is 1. The highest BCUT2D eigenvalue weighted by atomic mass is 35.5. The lowest BCUT2D eigenvalue weighted by molar-refractivity contribution is 0.403. The monoisotopic (exact) mass is 346 g/mol. The molecule has 0 unspecified atom stereocenters. The average Bonchev–Trinajstić information content (AvgIpc) is 2.44. The van der Waals surface area contributed by atoms with Crippen LogP contribution in [0.25, 0.3) is 0 Å². The largest absolute Gasteiger partial charge is 0.495 e. The van der Waals surface area contributed by atoms with E-state index in [0.717, 1.165) is 0 Å². The number of hydrogen-bond acceptors (Lipinski definition) is 4. The van der Waals surface area contributed by atoms with Crippen molar-refractivity contribution in [3.8, 4) is 5.75 Å². The first-order valence-electron chi connectivity index (χ1n) is 5.75. The van der Waals surface area contributed by atoms with Crippen molar-refractivity contribution in [1.29, 1.82) is 0 Å². The van der Waals surface area contributed by atoms with Gasteiger partial charge in [-0.15, -0.1) is 0 Å². The number of hydrogen-bond donors (Lipinski definition) is 2. The van der Waals surface area contributed by atoms with Gasteiger partial charge in [0.15, 0.2) is 0 Å². The first-order valence-corrected chi connectivity index (χ1v) is 7.99. The smallest absolute Gasteiger partial charge is 0.265 e. The van der Waals surface area contributed by atoms with Crippen LogP contribution in [0.3, 0.4) is 0 Å². The van der Waals surface area contributed by atoms with Gasteiger partial charge in [-0.05, 0) is 30.3 Å². The fourth-order valence-corrected chi connectivity index (χ4v) is 3.37. The Morgan fingerprint density at radius 3 is 2.57 bits per heavy atom. The fraction of sp³-hybridized carbons (Fsp3) is 0.0769. The second kappa shape index (κ2) is 6.01. The van der Waals surface area contributed by atoms with Crippen molar-refractivity contribution in [3.05, 3.63) is 46.4 Å².